The molecule has 0 radical (unpaired) electrons. The van der Waals surface area contributed by atoms with Gasteiger partial charge in [-0.1, -0.05) is 36.4 Å². The average Bonchev–Trinajstić information content (AvgIpc) is 3.36. The zero-order chi connectivity index (χ0) is 23.0. The molecule has 0 aliphatic carbocycles. The van der Waals surface area contributed by atoms with E-state index in [2.05, 4.69) is 5.32 Å². The summed E-state index contributed by atoms with van der Waals surface area (Å²) in [6.45, 7) is 1.20. The lowest BCUT2D eigenvalue weighted by Crippen LogP contribution is -2.41. The number of urea groups is 1. The van der Waals surface area contributed by atoms with Gasteiger partial charge in [0.25, 0.3) is 5.91 Å². The Morgan fingerprint density at radius 2 is 1.61 bits per heavy atom. The molecule has 0 bridgehead atoms. The summed E-state index contributed by atoms with van der Waals surface area (Å²) in [5.74, 6) is 0.674. The number of carbonyl (C=O) groups excluding carboxylic acids is 3. The summed E-state index contributed by atoms with van der Waals surface area (Å²) in [5.41, 5.74) is -0.402. The number of nitrogens with zero attached hydrogens (tertiary/aromatic N) is 1. The van der Waals surface area contributed by atoms with E-state index in [9.17, 15) is 14.4 Å². The van der Waals surface area contributed by atoms with Crippen LogP contribution in [0, 0.1) is 0 Å². The third kappa shape index (κ3) is 3.74. The van der Waals surface area contributed by atoms with Crippen molar-refractivity contribution in [2.75, 3.05) is 6.54 Å². The minimum Gasteiger partial charge on any atom is -0.458 e. The number of carbonyl (C=O) groups is 3. The summed E-state index contributed by atoms with van der Waals surface area (Å²) >= 11 is 0. The molecule has 164 valence electrons. The molecule has 1 aromatic heterocycles. The Morgan fingerprint density at radius 1 is 0.939 bits per heavy atom. The molecule has 3 amide bonds. The molecular weight excluding hydrogens is 420 g/mol. The van der Waals surface area contributed by atoms with Crippen LogP contribution in [0.1, 0.15) is 23.0 Å². The molecule has 1 unspecified atom stereocenters. The number of imide groups is 1. The Kier molecular flexibility index (Phi) is 4.94. The van der Waals surface area contributed by atoms with Crippen molar-refractivity contribution in [2.45, 2.75) is 12.5 Å². The fourth-order valence-electron chi connectivity index (χ4n) is 3.80. The van der Waals surface area contributed by atoms with Crippen LogP contribution in [-0.4, -0.2) is 29.2 Å². The predicted molar refractivity (Wildman–Crippen MR) is 121 cm³/mol. The molecule has 1 saturated heterocycles. The van der Waals surface area contributed by atoms with Gasteiger partial charge < -0.3 is 14.5 Å². The molecule has 3 aromatic carbocycles. The first-order valence-electron chi connectivity index (χ1n) is 10.4. The van der Waals surface area contributed by atoms with Crippen LogP contribution in [0.25, 0.3) is 11.0 Å². The summed E-state index contributed by atoms with van der Waals surface area (Å²) in [4.78, 5) is 39.5. The molecule has 1 atom stereocenters. The van der Waals surface area contributed by atoms with Crippen LogP contribution < -0.4 is 10.1 Å². The standard InChI is InChI=1S/C26H20N2O5/c1-26(23-15-18-7-5-6-10-22(18)33-23)24(30)28(25(31)27-26)16-21(29)17-11-13-20(14-12-17)32-19-8-3-2-4-9-19/h2-15H,16H2,1H3,(H,27,31). The number of para-hydroxylation sites is 2. The van der Waals surface area contributed by atoms with Gasteiger partial charge in [0.1, 0.15) is 22.8 Å². The first-order chi connectivity index (χ1) is 15.9. The molecule has 0 saturated carbocycles. The fourth-order valence-corrected chi connectivity index (χ4v) is 3.80. The lowest BCUT2D eigenvalue weighted by Gasteiger charge is -2.18. The Labute approximate surface area is 189 Å². The van der Waals surface area contributed by atoms with E-state index in [-0.39, 0.29) is 12.3 Å². The summed E-state index contributed by atoms with van der Waals surface area (Å²) in [5, 5.41) is 3.49. The highest BCUT2D eigenvalue weighted by atomic mass is 16.5. The third-order valence-electron chi connectivity index (χ3n) is 5.65. The van der Waals surface area contributed by atoms with Gasteiger partial charge in [-0.25, -0.2) is 4.79 Å². The first-order valence-corrected chi connectivity index (χ1v) is 10.4. The minimum atomic E-state index is -1.39. The number of amides is 3. The molecule has 7 heteroatoms. The molecule has 5 rings (SSSR count). The molecule has 2 heterocycles. The van der Waals surface area contributed by atoms with Crippen LogP contribution in [-0.2, 0) is 10.3 Å². The van der Waals surface area contributed by atoms with E-state index < -0.39 is 17.5 Å². The van der Waals surface area contributed by atoms with Crippen LogP contribution in [0.5, 0.6) is 11.5 Å². The maximum atomic E-state index is 13.1. The molecule has 7 nitrogen and oxygen atoms in total. The lowest BCUT2D eigenvalue weighted by molar-refractivity contribution is -0.131. The largest absolute Gasteiger partial charge is 0.458 e. The molecule has 1 N–H and O–H groups in total. The second kappa shape index (κ2) is 7.94. The van der Waals surface area contributed by atoms with E-state index >= 15 is 0 Å². The van der Waals surface area contributed by atoms with Crippen molar-refractivity contribution in [3.8, 4) is 11.5 Å². The molecule has 1 aliphatic heterocycles. The Hall–Kier alpha value is -4.39. The summed E-state index contributed by atoms with van der Waals surface area (Å²) in [7, 11) is 0. The molecular formula is C26H20N2O5. The van der Waals surface area contributed by atoms with E-state index in [1.165, 1.54) is 0 Å². The van der Waals surface area contributed by atoms with Gasteiger partial charge in [-0.2, -0.15) is 0 Å². The van der Waals surface area contributed by atoms with Gasteiger partial charge in [-0.3, -0.25) is 14.5 Å². The molecule has 0 spiro atoms. The van der Waals surface area contributed by atoms with Crippen LogP contribution >= 0.6 is 0 Å². The van der Waals surface area contributed by atoms with Gasteiger partial charge in [0.2, 0.25) is 0 Å². The van der Waals surface area contributed by atoms with Crippen molar-refractivity contribution >= 4 is 28.7 Å². The Morgan fingerprint density at radius 3 is 2.33 bits per heavy atom. The van der Waals surface area contributed by atoms with Crippen molar-refractivity contribution in [3.05, 3.63) is 96.3 Å². The molecule has 1 fully saturated rings. The Bertz CT molecular complexity index is 1330. The zero-order valence-corrected chi connectivity index (χ0v) is 17.8. The number of Topliss-reactive ketones (excluding diaryl/α,β-unsaturated/α-hetero) is 1. The SMILES string of the molecule is CC1(c2cc3ccccc3o2)NC(=O)N(CC(=O)c2ccc(Oc3ccccc3)cc2)C1=O. The normalized spacial score (nSPS) is 17.9. The van der Waals surface area contributed by atoms with Gasteiger partial charge in [0, 0.05) is 10.9 Å². The molecule has 1 aliphatic rings. The predicted octanol–water partition coefficient (Wildman–Crippen LogP) is 4.88. The monoisotopic (exact) mass is 440 g/mol. The molecule has 4 aromatic rings. The second-order valence-corrected chi connectivity index (χ2v) is 7.96. The van der Waals surface area contributed by atoms with Crippen LogP contribution in [0.3, 0.4) is 0 Å². The van der Waals surface area contributed by atoms with Gasteiger partial charge in [-0.05, 0) is 55.5 Å². The van der Waals surface area contributed by atoms with E-state index in [1.807, 2.05) is 48.5 Å². The van der Waals surface area contributed by atoms with Crippen LogP contribution in [0.4, 0.5) is 4.79 Å². The van der Waals surface area contributed by atoms with Crippen molar-refractivity contribution in [1.82, 2.24) is 10.2 Å². The number of ether oxygens (including phenoxy) is 1. The van der Waals surface area contributed by atoms with Gasteiger partial charge in [0.05, 0.1) is 6.54 Å². The van der Waals surface area contributed by atoms with Crippen LogP contribution in [0.15, 0.2) is 89.3 Å². The number of nitrogens with one attached hydrogen (secondary N) is 1. The summed E-state index contributed by atoms with van der Waals surface area (Å²) in [6, 6.07) is 24.3. The van der Waals surface area contributed by atoms with Crippen molar-refractivity contribution in [1.29, 1.82) is 0 Å². The van der Waals surface area contributed by atoms with E-state index in [1.54, 1.807) is 43.3 Å². The number of hydrogen-bond donors (Lipinski definition) is 1. The number of hydrogen-bond acceptors (Lipinski definition) is 5. The maximum absolute atomic E-state index is 13.1. The third-order valence-corrected chi connectivity index (χ3v) is 5.65. The smallest absolute Gasteiger partial charge is 0.325 e. The zero-order valence-electron chi connectivity index (χ0n) is 17.8. The highest BCUT2D eigenvalue weighted by Crippen LogP contribution is 2.33. The summed E-state index contributed by atoms with van der Waals surface area (Å²) < 4.78 is 11.5. The molecule has 33 heavy (non-hydrogen) atoms. The highest BCUT2D eigenvalue weighted by Gasteiger charge is 2.51. The highest BCUT2D eigenvalue weighted by molar-refractivity contribution is 6.11. The second-order valence-electron chi connectivity index (χ2n) is 7.96. The quantitative estimate of drug-likeness (QED) is 0.341. The van der Waals surface area contributed by atoms with E-state index in [4.69, 9.17) is 9.15 Å². The first kappa shape index (κ1) is 20.5. The van der Waals surface area contributed by atoms with Crippen molar-refractivity contribution < 1.29 is 23.5 Å². The fraction of sp³-hybridized carbons (Fsp3) is 0.115. The maximum Gasteiger partial charge on any atom is 0.325 e. The minimum absolute atomic E-state index is 0.319. The summed E-state index contributed by atoms with van der Waals surface area (Å²) in [6.07, 6.45) is 0. The average molecular weight is 440 g/mol. The number of ketones is 1. The van der Waals surface area contributed by atoms with Gasteiger partial charge in [0.15, 0.2) is 11.3 Å². The Balaban J connectivity index is 1.31. The van der Waals surface area contributed by atoms with Crippen molar-refractivity contribution in [2.24, 2.45) is 0 Å². The topological polar surface area (TPSA) is 88.8 Å². The lowest BCUT2D eigenvalue weighted by atomic mass is 9.98. The van der Waals surface area contributed by atoms with E-state index in [0.29, 0.717) is 28.4 Å². The van der Waals surface area contributed by atoms with Crippen molar-refractivity contribution in [3.63, 3.8) is 0 Å². The van der Waals surface area contributed by atoms with Gasteiger partial charge >= 0.3 is 6.03 Å². The number of fused-ring (bicyclic) bond motifs is 1. The number of furan rings is 1. The van der Waals surface area contributed by atoms with E-state index in [0.717, 1.165) is 10.3 Å². The van der Waals surface area contributed by atoms with Crippen LogP contribution in [0.2, 0.25) is 0 Å². The number of rotatable bonds is 6. The van der Waals surface area contributed by atoms with Gasteiger partial charge in [-0.15, -0.1) is 0 Å². The number of benzene rings is 3.